The van der Waals surface area contributed by atoms with E-state index in [1.807, 2.05) is 12.3 Å². The topological polar surface area (TPSA) is 79.0 Å². The molecule has 1 saturated heterocycles. The van der Waals surface area contributed by atoms with E-state index in [1.54, 1.807) is 7.11 Å². The minimum atomic E-state index is 0.440. The molecule has 1 aliphatic heterocycles. The van der Waals surface area contributed by atoms with Gasteiger partial charge in [-0.3, -0.25) is 0 Å². The maximum absolute atomic E-state index is 5.81. The number of anilines is 1. The quantitative estimate of drug-likeness (QED) is 0.433. The number of likely N-dealkylation sites (N-methyl/N-ethyl adjacent to an activating group) is 1. The van der Waals surface area contributed by atoms with E-state index in [-0.39, 0.29) is 0 Å². The second-order valence-corrected chi connectivity index (χ2v) is 5.43. The molecule has 1 fully saturated rings. The Morgan fingerprint density at radius 1 is 1.41 bits per heavy atom. The largest absolute Gasteiger partial charge is 0.383 e. The number of nitrogens with one attached hydrogen (secondary N) is 1. The molecule has 1 aromatic heterocycles. The summed E-state index contributed by atoms with van der Waals surface area (Å²) < 4.78 is 4.96. The van der Waals surface area contributed by atoms with Crippen molar-refractivity contribution in [3.05, 3.63) is 23.9 Å². The van der Waals surface area contributed by atoms with Gasteiger partial charge in [0.2, 0.25) is 0 Å². The van der Waals surface area contributed by atoms with Crippen LogP contribution in [0.25, 0.3) is 0 Å². The van der Waals surface area contributed by atoms with E-state index >= 15 is 0 Å². The molecule has 7 heteroatoms. The van der Waals surface area contributed by atoms with Gasteiger partial charge < -0.3 is 25.6 Å². The Labute approximate surface area is 132 Å². The van der Waals surface area contributed by atoms with Crippen LogP contribution in [0.1, 0.15) is 5.56 Å². The number of rotatable bonds is 6. The molecule has 0 radical (unpaired) electrons. The van der Waals surface area contributed by atoms with Gasteiger partial charge in [0.1, 0.15) is 5.82 Å². The fourth-order valence-electron chi connectivity index (χ4n) is 2.28. The van der Waals surface area contributed by atoms with Crippen LogP contribution in [0.15, 0.2) is 23.3 Å². The van der Waals surface area contributed by atoms with Gasteiger partial charge >= 0.3 is 0 Å². The van der Waals surface area contributed by atoms with Crippen LogP contribution in [0.2, 0.25) is 0 Å². The number of nitrogens with zero attached hydrogens (tertiary/aromatic N) is 4. The van der Waals surface area contributed by atoms with Crippen LogP contribution in [0.5, 0.6) is 0 Å². The van der Waals surface area contributed by atoms with Crippen molar-refractivity contribution in [1.82, 2.24) is 15.2 Å². The van der Waals surface area contributed by atoms with E-state index in [0.717, 1.165) is 37.6 Å². The molecular weight excluding hydrogens is 280 g/mol. The standard InChI is InChI=1S/C15H26N6O/c1-20-6-8-21(9-7-20)14-11-13(3-4-17-14)12-19-15(16)18-5-10-22-2/h3-4,11H,5-10,12H2,1-2H3,(H3,16,18,19). The summed E-state index contributed by atoms with van der Waals surface area (Å²) in [5.74, 6) is 1.46. The summed E-state index contributed by atoms with van der Waals surface area (Å²) in [6.45, 7) is 5.98. The first-order valence-electron chi connectivity index (χ1n) is 7.60. The van der Waals surface area contributed by atoms with Gasteiger partial charge in [-0.25, -0.2) is 9.98 Å². The zero-order valence-corrected chi connectivity index (χ0v) is 13.5. The second-order valence-electron chi connectivity index (χ2n) is 5.43. The predicted molar refractivity (Wildman–Crippen MR) is 89.2 cm³/mol. The molecular formula is C15H26N6O. The number of pyridine rings is 1. The monoisotopic (exact) mass is 306 g/mol. The number of guanidine groups is 1. The molecule has 0 amide bonds. The lowest BCUT2D eigenvalue weighted by Crippen LogP contribution is -2.44. The van der Waals surface area contributed by atoms with Crippen LogP contribution >= 0.6 is 0 Å². The summed E-state index contributed by atoms with van der Waals surface area (Å²) in [5.41, 5.74) is 6.92. The van der Waals surface area contributed by atoms with Crippen molar-refractivity contribution < 1.29 is 4.74 Å². The highest BCUT2D eigenvalue weighted by Gasteiger charge is 2.15. The molecule has 0 bridgehead atoms. The smallest absolute Gasteiger partial charge is 0.188 e. The molecule has 2 heterocycles. The third-order valence-electron chi connectivity index (χ3n) is 3.68. The van der Waals surface area contributed by atoms with Crippen molar-refractivity contribution in [3.63, 3.8) is 0 Å². The number of hydrogen-bond acceptors (Lipinski definition) is 5. The average Bonchev–Trinajstić information content (AvgIpc) is 2.54. The molecule has 0 spiro atoms. The number of nitrogens with two attached hydrogens (primary N) is 1. The first-order chi connectivity index (χ1) is 10.7. The SMILES string of the molecule is COCCNC(N)=NCc1ccnc(N2CCN(C)CC2)c1. The number of piperazine rings is 1. The summed E-state index contributed by atoms with van der Waals surface area (Å²) in [5, 5.41) is 3.01. The number of aliphatic imine (C=N–C) groups is 1. The van der Waals surface area contributed by atoms with Gasteiger partial charge in [-0.2, -0.15) is 0 Å². The van der Waals surface area contributed by atoms with Crippen LogP contribution in [-0.4, -0.2) is 69.3 Å². The molecule has 0 aliphatic carbocycles. The normalized spacial score (nSPS) is 16.8. The van der Waals surface area contributed by atoms with Gasteiger partial charge in [-0.15, -0.1) is 0 Å². The molecule has 2 rings (SSSR count). The van der Waals surface area contributed by atoms with Gasteiger partial charge in [0, 0.05) is 46.0 Å². The Kier molecular flexibility index (Phi) is 6.42. The van der Waals surface area contributed by atoms with Crippen molar-refractivity contribution in [2.24, 2.45) is 10.7 Å². The van der Waals surface area contributed by atoms with Gasteiger partial charge in [0.15, 0.2) is 5.96 Å². The maximum Gasteiger partial charge on any atom is 0.188 e. The zero-order chi connectivity index (χ0) is 15.8. The van der Waals surface area contributed by atoms with Crippen LogP contribution in [0.3, 0.4) is 0 Å². The Hall–Kier alpha value is -1.86. The molecule has 22 heavy (non-hydrogen) atoms. The highest BCUT2D eigenvalue weighted by Crippen LogP contribution is 2.15. The minimum absolute atomic E-state index is 0.440. The van der Waals surface area contributed by atoms with Crippen LogP contribution in [0, 0.1) is 0 Å². The second kappa shape index (κ2) is 8.55. The molecule has 0 atom stereocenters. The fraction of sp³-hybridized carbons (Fsp3) is 0.600. The summed E-state index contributed by atoms with van der Waals surface area (Å²) in [6, 6.07) is 4.07. The lowest BCUT2D eigenvalue weighted by atomic mass is 10.2. The molecule has 0 saturated carbocycles. The van der Waals surface area contributed by atoms with E-state index in [2.05, 4.69) is 38.2 Å². The molecule has 1 aliphatic rings. The number of methoxy groups -OCH3 is 1. The van der Waals surface area contributed by atoms with E-state index in [9.17, 15) is 0 Å². The number of hydrogen-bond donors (Lipinski definition) is 2. The van der Waals surface area contributed by atoms with Gasteiger partial charge in [0.05, 0.1) is 13.2 Å². The molecule has 122 valence electrons. The average molecular weight is 306 g/mol. The van der Waals surface area contributed by atoms with Crippen molar-refractivity contribution in [3.8, 4) is 0 Å². The zero-order valence-electron chi connectivity index (χ0n) is 13.5. The molecule has 1 aromatic rings. The third kappa shape index (κ3) is 5.16. The minimum Gasteiger partial charge on any atom is -0.383 e. The Balaban J connectivity index is 1.89. The summed E-state index contributed by atoms with van der Waals surface area (Å²) >= 11 is 0. The molecule has 3 N–H and O–H groups in total. The summed E-state index contributed by atoms with van der Waals surface area (Å²) in [6.07, 6.45) is 1.84. The van der Waals surface area contributed by atoms with Gasteiger partial charge in [-0.1, -0.05) is 0 Å². The van der Waals surface area contributed by atoms with Crippen molar-refractivity contribution >= 4 is 11.8 Å². The molecule has 0 aromatic carbocycles. The fourth-order valence-corrected chi connectivity index (χ4v) is 2.28. The van der Waals surface area contributed by atoms with E-state index < -0.39 is 0 Å². The Morgan fingerprint density at radius 2 is 2.18 bits per heavy atom. The van der Waals surface area contributed by atoms with Crippen molar-refractivity contribution in [2.75, 3.05) is 58.4 Å². The molecule has 7 nitrogen and oxygen atoms in total. The van der Waals surface area contributed by atoms with Gasteiger partial charge in [0.25, 0.3) is 0 Å². The van der Waals surface area contributed by atoms with Crippen molar-refractivity contribution in [1.29, 1.82) is 0 Å². The maximum atomic E-state index is 5.81. The van der Waals surface area contributed by atoms with Gasteiger partial charge in [-0.05, 0) is 24.7 Å². The lowest BCUT2D eigenvalue weighted by Gasteiger charge is -2.33. The summed E-state index contributed by atoms with van der Waals surface area (Å²) in [4.78, 5) is 13.5. The van der Waals surface area contributed by atoms with Crippen LogP contribution < -0.4 is 16.0 Å². The number of aromatic nitrogens is 1. The first-order valence-corrected chi connectivity index (χ1v) is 7.60. The van der Waals surface area contributed by atoms with E-state index in [1.165, 1.54) is 0 Å². The van der Waals surface area contributed by atoms with Crippen molar-refractivity contribution in [2.45, 2.75) is 6.54 Å². The van der Waals surface area contributed by atoms with Crippen LogP contribution in [0.4, 0.5) is 5.82 Å². The number of ether oxygens (including phenoxy) is 1. The Morgan fingerprint density at radius 3 is 2.91 bits per heavy atom. The van der Waals surface area contributed by atoms with E-state index in [4.69, 9.17) is 10.5 Å². The first kappa shape index (κ1) is 16.5. The Bertz CT molecular complexity index is 485. The van der Waals surface area contributed by atoms with Crippen LogP contribution in [-0.2, 0) is 11.3 Å². The highest BCUT2D eigenvalue weighted by molar-refractivity contribution is 5.77. The summed E-state index contributed by atoms with van der Waals surface area (Å²) in [7, 11) is 3.81. The predicted octanol–water partition coefficient (Wildman–Crippen LogP) is -0.116. The van der Waals surface area contributed by atoms with E-state index in [0.29, 0.717) is 25.7 Å². The lowest BCUT2D eigenvalue weighted by molar-refractivity contribution is 0.204. The highest BCUT2D eigenvalue weighted by atomic mass is 16.5. The molecule has 0 unspecified atom stereocenters. The third-order valence-corrected chi connectivity index (χ3v) is 3.68.